The van der Waals surface area contributed by atoms with E-state index in [-0.39, 0.29) is 12.0 Å². The number of hydrogen-bond acceptors (Lipinski definition) is 6. The predicted octanol–water partition coefficient (Wildman–Crippen LogP) is 4.16. The molecule has 168 valence electrons. The number of aromatic amines is 1. The molecule has 0 saturated heterocycles. The topological polar surface area (TPSA) is 92.8 Å². The number of para-hydroxylation sites is 1. The second-order valence-electron chi connectivity index (χ2n) is 8.34. The van der Waals surface area contributed by atoms with Crippen molar-refractivity contribution in [3.63, 3.8) is 0 Å². The third kappa shape index (κ3) is 4.57. The lowest BCUT2D eigenvalue weighted by atomic mass is 10.0. The van der Waals surface area contributed by atoms with Gasteiger partial charge in [0.25, 0.3) is 0 Å². The van der Waals surface area contributed by atoms with Crippen LogP contribution in [-0.2, 0) is 11.2 Å². The molecule has 33 heavy (non-hydrogen) atoms. The Morgan fingerprint density at radius 3 is 2.97 bits per heavy atom. The third-order valence-electron chi connectivity index (χ3n) is 5.64. The standard InChI is InChI=1S/C25H25N5O2S/c1-14-7-8-20-21(9-14)30-25(29-20)33-13-22(31)27-12-18-10-17-5-4-6-19(24(17)32-18)23-16(3)26-11-15(2)28-23/h4-9,11,18H,10,12-13H2,1-3H3,(H,27,31)(H,29,30)/t18-/m0/s1. The van der Waals surface area contributed by atoms with Crippen LogP contribution in [0.25, 0.3) is 22.3 Å². The fourth-order valence-corrected chi connectivity index (χ4v) is 4.73. The number of carbonyl (C=O) groups is 1. The molecule has 0 unspecified atom stereocenters. The fourth-order valence-electron chi connectivity index (χ4n) is 4.01. The number of thioether (sulfide) groups is 1. The van der Waals surface area contributed by atoms with Crippen LogP contribution in [0.5, 0.6) is 5.75 Å². The summed E-state index contributed by atoms with van der Waals surface area (Å²) < 4.78 is 6.24. The molecule has 1 aliphatic heterocycles. The van der Waals surface area contributed by atoms with E-state index < -0.39 is 0 Å². The van der Waals surface area contributed by atoms with Gasteiger partial charge in [0.05, 0.1) is 40.4 Å². The van der Waals surface area contributed by atoms with Gasteiger partial charge in [-0.1, -0.05) is 30.0 Å². The summed E-state index contributed by atoms with van der Waals surface area (Å²) in [5.41, 5.74) is 7.72. The summed E-state index contributed by atoms with van der Waals surface area (Å²) >= 11 is 1.40. The molecule has 4 aromatic rings. The summed E-state index contributed by atoms with van der Waals surface area (Å²) in [6.07, 6.45) is 2.41. The van der Waals surface area contributed by atoms with Crippen molar-refractivity contribution in [3.8, 4) is 17.0 Å². The van der Waals surface area contributed by atoms with E-state index in [1.54, 1.807) is 6.20 Å². The highest BCUT2D eigenvalue weighted by molar-refractivity contribution is 7.99. The van der Waals surface area contributed by atoms with Crippen molar-refractivity contribution in [1.29, 1.82) is 0 Å². The van der Waals surface area contributed by atoms with Crippen LogP contribution in [0.4, 0.5) is 0 Å². The van der Waals surface area contributed by atoms with Crippen LogP contribution >= 0.6 is 11.8 Å². The molecule has 0 radical (unpaired) electrons. The average Bonchev–Trinajstić information content (AvgIpc) is 3.40. The van der Waals surface area contributed by atoms with E-state index >= 15 is 0 Å². The van der Waals surface area contributed by atoms with Gasteiger partial charge >= 0.3 is 0 Å². The van der Waals surface area contributed by atoms with Gasteiger partial charge in [-0.2, -0.15) is 0 Å². The largest absolute Gasteiger partial charge is 0.487 e. The summed E-state index contributed by atoms with van der Waals surface area (Å²) in [7, 11) is 0. The maximum Gasteiger partial charge on any atom is 0.230 e. The first-order valence-corrected chi connectivity index (χ1v) is 11.9. The summed E-state index contributed by atoms with van der Waals surface area (Å²) in [4.78, 5) is 29.3. The molecule has 1 atom stereocenters. The molecule has 0 bridgehead atoms. The zero-order valence-corrected chi connectivity index (χ0v) is 19.6. The Kier molecular flexibility index (Phi) is 5.76. The fraction of sp³-hybridized carbons (Fsp3) is 0.280. The number of rotatable bonds is 6. The molecular formula is C25H25N5O2S. The first-order chi connectivity index (χ1) is 16.0. The van der Waals surface area contributed by atoms with Crippen molar-refractivity contribution >= 4 is 28.7 Å². The maximum atomic E-state index is 12.4. The van der Waals surface area contributed by atoms with Gasteiger partial charge in [0.1, 0.15) is 11.9 Å². The van der Waals surface area contributed by atoms with Crippen LogP contribution in [0.15, 0.2) is 47.8 Å². The van der Waals surface area contributed by atoms with Gasteiger partial charge in [-0.05, 0) is 50.1 Å². The summed E-state index contributed by atoms with van der Waals surface area (Å²) in [5.74, 6) is 1.09. The zero-order valence-electron chi connectivity index (χ0n) is 18.8. The second kappa shape index (κ2) is 8.86. The number of imidazole rings is 1. The van der Waals surface area contributed by atoms with Crippen LogP contribution in [0, 0.1) is 20.8 Å². The number of nitrogens with zero attached hydrogens (tertiary/aromatic N) is 3. The molecule has 2 aromatic carbocycles. The molecule has 8 heteroatoms. The molecule has 0 fully saturated rings. The minimum Gasteiger partial charge on any atom is -0.487 e. The molecule has 0 spiro atoms. The van der Waals surface area contributed by atoms with Gasteiger partial charge in [-0.15, -0.1) is 0 Å². The smallest absolute Gasteiger partial charge is 0.230 e. The molecule has 3 heterocycles. The number of H-pyrrole nitrogens is 1. The van der Waals surface area contributed by atoms with Crippen molar-refractivity contribution in [1.82, 2.24) is 25.3 Å². The average molecular weight is 460 g/mol. The molecule has 2 aromatic heterocycles. The first kappa shape index (κ1) is 21.5. The van der Waals surface area contributed by atoms with E-state index in [4.69, 9.17) is 4.74 Å². The van der Waals surface area contributed by atoms with Gasteiger partial charge in [-0.25, -0.2) is 9.97 Å². The van der Waals surface area contributed by atoms with Gasteiger partial charge in [0.15, 0.2) is 5.16 Å². The molecule has 1 amide bonds. The summed E-state index contributed by atoms with van der Waals surface area (Å²) in [5, 5.41) is 3.74. The Balaban J connectivity index is 1.19. The van der Waals surface area contributed by atoms with Crippen LogP contribution in [-0.4, -0.2) is 44.2 Å². The second-order valence-corrected chi connectivity index (χ2v) is 9.30. The molecule has 7 nitrogen and oxygen atoms in total. The number of benzene rings is 2. The summed E-state index contributed by atoms with van der Waals surface area (Å²) in [6.45, 7) is 6.38. The lowest BCUT2D eigenvalue weighted by Crippen LogP contribution is -2.35. The number of aryl methyl sites for hydroxylation is 3. The van der Waals surface area contributed by atoms with Crippen molar-refractivity contribution < 1.29 is 9.53 Å². The Hall–Kier alpha value is -3.39. The van der Waals surface area contributed by atoms with Crippen molar-refractivity contribution in [2.24, 2.45) is 0 Å². The molecular weight excluding hydrogens is 434 g/mol. The van der Waals surface area contributed by atoms with E-state index in [0.717, 1.165) is 56.6 Å². The number of hydrogen-bond donors (Lipinski definition) is 2. The van der Waals surface area contributed by atoms with Crippen molar-refractivity contribution in [3.05, 3.63) is 65.1 Å². The Morgan fingerprint density at radius 2 is 2.09 bits per heavy atom. The SMILES string of the molecule is Cc1ccc2nc(SCC(=O)NC[C@@H]3Cc4cccc(-c5nc(C)cnc5C)c4O3)[nH]c2c1. The number of aromatic nitrogens is 4. The van der Waals surface area contributed by atoms with E-state index in [2.05, 4.69) is 37.4 Å². The van der Waals surface area contributed by atoms with E-state index in [1.165, 1.54) is 17.3 Å². The molecule has 0 saturated carbocycles. The zero-order chi connectivity index (χ0) is 22.9. The van der Waals surface area contributed by atoms with Gasteiger partial charge in [0, 0.05) is 18.2 Å². The number of fused-ring (bicyclic) bond motifs is 2. The highest BCUT2D eigenvalue weighted by atomic mass is 32.2. The van der Waals surface area contributed by atoms with Crippen LogP contribution < -0.4 is 10.1 Å². The lowest BCUT2D eigenvalue weighted by Gasteiger charge is -2.14. The highest BCUT2D eigenvalue weighted by Gasteiger charge is 2.27. The monoisotopic (exact) mass is 459 g/mol. The van der Waals surface area contributed by atoms with Gasteiger partial charge in [-0.3, -0.25) is 9.78 Å². The Morgan fingerprint density at radius 1 is 1.21 bits per heavy atom. The first-order valence-electron chi connectivity index (χ1n) is 10.9. The maximum absolute atomic E-state index is 12.4. The highest BCUT2D eigenvalue weighted by Crippen LogP contribution is 2.38. The summed E-state index contributed by atoms with van der Waals surface area (Å²) in [6, 6.07) is 12.2. The number of amides is 1. The van der Waals surface area contributed by atoms with Crippen molar-refractivity contribution in [2.45, 2.75) is 38.5 Å². The van der Waals surface area contributed by atoms with Crippen LogP contribution in [0.3, 0.4) is 0 Å². The Labute approximate surface area is 196 Å². The number of nitrogens with one attached hydrogen (secondary N) is 2. The van der Waals surface area contributed by atoms with Gasteiger partial charge < -0.3 is 15.0 Å². The van der Waals surface area contributed by atoms with Gasteiger partial charge in [0.2, 0.25) is 5.91 Å². The van der Waals surface area contributed by atoms with Crippen molar-refractivity contribution in [2.75, 3.05) is 12.3 Å². The van der Waals surface area contributed by atoms with E-state index in [9.17, 15) is 4.79 Å². The third-order valence-corrected chi connectivity index (χ3v) is 6.52. The number of ether oxygens (including phenoxy) is 1. The normalized spacial score (nSPS) is 14.8. The molecule has 1 aliphatic rings. The number of carbonyl (C=O) groups excluding carboxylic acids is 1. The molecule has 2 N–H and O–H groups in total. The van der Waals surface area contributed by atoms with E-state index in [0.29, 0.717) is 12.3 Å². The minimum atomic E-state index is -0.109. The lowest BCUT2D eigenvalue weighted by molar-refractivity contribution is -0.118. The van der Waals surface area contributed by atoms with E-state index in [1.807, 2.05) is 45.0 Å². The Bertz CT molecular complexity index is 1350. The quantitative estimate of drug-likeness (QED) is 0.421. The molecule has 0 aliphatic carbocycles. The van der Waals surface area contributed by atoms with Crippen LogP contribution in [0.1, 0.15) is 22.5 Å². The molecule has 5 rings (SSSR count). The predicted molar refractivity (Wildman–Crippen MR) is 130 cm³/mol. The minimum absolute atomic E-state index is 0.0446. The van der Waals surface area contributed by atoms with Crippen LogP contribution in [0.2, 0.25) is 0 Å².